The Kier molecular flexibility index (Phi) is 5.35. The van der Waals surface area contributed by atoms with Crippen molar-refractivity contribution >= 4 is 17.9 Å². The molecule has 1 fully saturated rings. The van der Waals surface area contributed by atoms with Crippen LogP contribution in [0.3, 0.4) is 0 Å². The Morgan fingerprint density at radius 3 is 2.70 bits per heavy atom. The smallest absolute Gasteiger partial charge is 0.318 e. The molecular weight excluding hydrogens is 262 g/mol. The fraction of sp³-hybridized carbons (Fsp3) is 0.769. The molecule has 0 aromatic rings. The Balaban J connectivity index is 2.77. The van der Waals surface area contributed by atoms with E-state index in [0.29, 0.717) is 13.1 Å². The second-order valence-electron chi connectivity index (χ2n) is 5.66. The number of nitrogens with zero attached hydrogens (tertiary/aromatic N) is 1. The molecule has 3 amide bonds. The molecule has 1 aliphatic rings. The predicted octanol–water partition coefficient (Wildman–Crippen LogP) is 0.550. The van der Waals surface area contributed by atoms with Gasteiger partial charge in [0.25, 0.3) is 0 Å². The van der Waals surface area contributed by atoms with Gasteiger partial charge in [0.05, 0.1) is 6.42 Å². The number of carboxylic acid groups (broad SMARTS) is 1. The van der Waals surface area contributed by atoms with Crippen LogP contribution in [0.5, 0.6) is 0 Å². The van der Waals surface area contributed by atoms with E-state index in [4.69, 9.17) is 5.11 Å². The SMILES string of the molecule is CCCC(C)(C)NC(=O)N1CCNC(=O)C1CC(=O)O. The second-order valence-corrected chi connectivity index (χ2v) is 5.66. The Hall–Kier alpha value is -1.79. The largest absolute Gasteiger partial charge is 0.481 e. The molecule has 0 radical (unpaired) electrons. The molecule has 0 aromatic heterocycles. The van der Waals surface area contributed by atoms with Crippen LogP contribution in [0.2, 0.25) is 0 Å². The summed E-state index contributed by atoms with van der Waals surface area (Å²) in [5.74, 6) is -1.51. The van der Waals surface area contributed by atoms with Crippen LogP contribution in [0, 0.1) is 0 Å². The summed E-state index contributed by atoms with van der Waals surface area (Å²) < 4.78 is 0. The number of aliphatic carboxylic acids is 1. The molecule has 1 rings (SSSR count). The average molecular weight is 285 g/mol. The van der Waals surface area contributed by atoms with Crippen LogP contribution >= 0.6 is 0 Å². The molecule has 7 heteroatoms. The van der Waals surface area contributed by atoms with Crippen molar-refractivity contribution in [2.45, 2.75) is 51.6 Å². The summed E-state index contributed by atoms with van der Waals surface area (Å²) in [6.07, 6.45) is 1.35. The second kappa shape index (κ2) is 6.58. The van der Waals surface area contributed by atoms with Crippen LogP contribution in [0.4, 0.5) is 4.79 Å². The highest BCUT2D eigenvalue weighted by molar-refractivity contribution is 5.91. The number of carbonyl (C=O) groups is 3. The fourth-order valence-corrected chi connectivity index (χ4v) is 2.37. The van der Waals surface area contributed by atoms with E-state index in [0.717, 1.165) is 12.8 Å². The van der Waals surface area contributed by atoms with Gasteiger partial charge in [0.1, 0.15) is 6.04 Å². The third-order valence-electron chi connectivity index (χ3n) is 3.28. The van der Waals surface area contributed by atoms with Crippen LogP contribution in [0.1, 0.15) is 40.0 Å². The number of amides is 3. The van der Waals surface area contributed by atoms with Gasteiger partial charge in [-0.25, -0.2) is 4.79 Å². The Bertz CT molecular complexity index is 395. The molecule has 3 N–H and O–H groups in total. The Morgan fingerprint density at radius 2 is 2.15 bits per heavy atom. The van der Waals surface area contributed by atoms with E-state index in [-0.39, 0.29) is 18.0 Å². The lowest BCUT2D eigenvalue weighted by Gasteiger charge is -2.37. The van der Waals surface area contributed by atoms with Gasteiger partial charge in [-0.3, -0.25) is 9.59 Å². The zero-order valence-electron chi connectivity index (χ0n) is 12.2. The van der Waals surface area contributed by atoms with Crippen LogP contribution in [0.15, 0.2) is 0 Å². The number of carbonyl (C=O) groups excluding carboxylic acids is 2. The number of urea groups is 1. The molecule has 0 aromatic carbocycles. The van der Waals surface area contributed by atoms with Crippen LogP contribution < -0.4 is 10.6 Å². The molecule has 1 unspecified atom stereocenters. The minimum Gasteiger partial charge on any atom is -0.481 e. The van der Waals surface area contributed by atoms with Crippen molar-refractivity contribution in [2.24, 2.45) is 0 Å². The van der Waals surface area contributed by atoms with Gasteiger partial charge in [-0.05, 0) is 20.3 Å². The highest BCUT2D eigenvalue weighted by Crippen LogP contribution is 2.14. The highest BCUT2D eigenvalue weighted by Gasteiger charge is 2.36. The molecule has 7 nitrogen and oxygen atoms in total. The first-order chi connectivity index (χ1) is 9.26. The number of hydrogen-bond acceptors (Lipinski definition) is 3. The molecule has 0 bridgehead atoms. The van der Waals surface area contributed by atoms with Gasteiger partial charge in [0.15, 0.2) is 0 Å². The maximum Gasteiger partial charge on any atom is 0.318 e. The quantitative estimate of drug-likeness (QED) is 0.687. The molecule has 1 aliphatic heterocycles. The molecule has 1 atom stereocenters. The topological polar surface area (TPSA) is 98.7 Å². The zero-order valence-corrected chi connectivity index (χ0v) is 12.2. The average Bonchev–Trinajstić information content (AvgIpc) is 2.30. The number of hydrogen-bond donors (Lipinski definition) is 3. The van der Waals surface area contributed by atoms with Gasteiger partial charge in [-0.15, -0.1) is 0 Å². The number of rotatable bonds is 5. The highest BCUT2D eigenvalue weighted by atomic mass is 16.4. The van der Waals surface area contributed by atoms with Crippen LogP contribution in [-0.2, 0) is 9.59 Å². The standard InChI is InChI=1S/C13H23N3O4/c1-4-5-13(2,3)15-12(20)16-7-6-14-11(19)9(16)8-10(17)18/h9H,4-8H2,1-3H3,(H,14,19)(H,15,20)(H,17,18). The molecule has 20 heavy (non-hydrogen) atoms. The summed E-state index contributed by atoms with van der Waals surface area (Å²) in [5.41, 5.74) is -0.381. The molecule has 1 heterocycles. The van der Waals surface area contributed by atoms with Gasteiger partial charge in [-0.2, -0.15) is 0 Å². The molecule has 0 spiro atoms. The van der Waals surface area contributed by atoms with E-state index in [9.17, 15) is 14.4 Å². The maximum atomic E-state index is 12.3. The van der Waals surface area contributed by atoms with E-state index < -0.39 is 17.9 Å². The summed E-state index contributed by atoms with van der Waals surface area (Å²) in [6, 6.07) is -1.33. The van der Waals surface area contributed by atoms with E-state index in [1.54, 1.807) is 0 Å². The van der Waals surface area contributed by atoms with E-state index in [1.165, 1.54) is 4.90 Å². The monoisotopic (exact) mass is 285 g/mol. The molecule has 0 aliphatic carbocycles. The lowest BCUT2D eigenvalue weighted by atomic mass is 9.99. The maximum absolute atomic E-state index is 12.3. The summed E-state index contributed by atoms with van der Waals surface area (Å²) >= 11 is 0. The summed E-state index contributed by atoms with van der Waals surface area (Å²) in [5, 5.41) is 14.3. The molecule has 114 valence electrons. The Labute approximate surface area is 118 Å². The number of piperazine rings is 1. The molecular formula is C13H23N3O4. The third-order valence-corrected chi connectivity index (χ3v) is 3.28. The first-order valence-corrected chi connectivity index (χ1v) is 6.85. The van der Waals surface area contributed by atoms with Crippen LogP contribution in [-0.4, -0.2) is 52.6 Å². The minimum atomic E-state index is -1.10. The van der Waals surface area contributed by atoms with Crippen LogP contribution in [0.25, 0.3) is 0 Å². The van der Waals surface area contributed by atoms with Crippen molar-refractivity contribution in [3.05, 3.63) is 0 Å². The Morgan fingerprint density at radius 1 is 1.50 bits per heavy atom. The van der Waals surface area contributed by atoms with Gasteiger partial charge in [0, 0.05) is 18.6 Å². The number of carboxylic acids is 1. The van der Waals surface area contributed by atoms with Crippen molar-refractivity contribution < 1.29 is 19.5 Å². The lowest BCUT2D eigenvalue weighted by Crippen LogP contribution is -2.62. The summed E-state index contributed by atoms with van der Waals surface area (Å²) in [6.45, 7) is 6.50. The summed E-state index contributed by atoms with van der Waals surface area (Å²) in [7, 11) is 0. The van der Waals surface area contributed by atoms with Crippen molar-refractivity contribution in [1.29, 1.82) is 0 Å². The molecule has 0 saturated carbocycles. The predicted molar refractivity (Wildman–Crippen MR) is 73.3 cm³/mol. The van der Waals surface area contributed by atoms with E-state index in [2.05, 4.69) is 10.6 Å². The van der Waals surface area contributed by atoms with Gasteiger partial charge in [-0.1, -0.05) is 13.3 Å². The summed E-state index contributed by atoms with van der Waals surface area (Å²) in [4.78, 5) is 36.1. The van der Waals surface area contributed by atoms with Gasteiger partial charge < -0.3 is 20.6 Å². The lowest BCUT2D eigenvalue weighted by molar-refractivity contribution is -0.142. The third kappa shape index (κ3) is 4.40. The zero-order chi connectivity index (χ0) is 15.3. The van der Waals surface area contributed by atoms with Gasteiger partial charge >= 0.3 is 12.0 Å². The van der Waals surface area contributed by atoms with E-state index >= 15 is 0 Å². The first kappa shape index (κ1) is 16.3. The van der Waals surface area contributed by atoms with E-state index in [1.807, 2.05) is 20.8 Å². The number of nitrogens with one attached hydrogen (secondary N) is 2. The normalized spacial score (nSPS) is 19.4. The van der Waals surface area contributed by atoms with Crippen molar-refractivity contribution in [2.75, 3.05) is 13.1 Å². The van der Waals surface area contributed by atoms with Crippen molar-refractivity contribution in [3.63, 3.8) is 0 Å². The van der Waals surface area contributed by atoms with Gasteiger partial charge in [0.2, 0.25) is 5.91 Å². The first-order valence-electron chi connectivity index (χ1n) is 6.85. The fourth-order valence-electron chi connectivity index (χ4n) is 2.37. The molecule has 1 saturated heterocycles. The minimum absolute atomic E-state index is 0.317. The van der Waals surface area contributed by atoms with Crippen molar-refractivity contribution in [1.82, 2.24) is 15.5 Å². The van der Waals surface area contributed by atoms with Crippen molar-refractivity contribution in [3.8, 4) is 0 Å².